The molecule has 1 aliphatic rings. The van der Waals surface area contributed by atoms with Crippen molar-refractivity contribution in [2.24, 2.45) is 0 Å². The predicted octanol–water partition coefficient (Wildman–Crippen LogP) is 6.13. The molecule has 10 nitrogen and oxygen atoms in total. The van der Waals surface area contributed by atoms with Crippen LogP contribution in [0.4, 0.5) is 0 Å². The number of unbranched alkanes of at least 4 members (excludes halogenated alkanes) is 19. The van der Waals surface area contributed by atoms with E-state index >= 15 is 0 Å². The summed E-state index contributed by atoms with van der Waals surface area (Å²) in [6.07, 6.45) is 24.1. The van der Waals surface area contributed by atoms with Crippen LogP contribution in [0.3, 0.4) is 0 Å². The number of ether oxygens (including phenoxy) is 2. The molecule has 7 N–H and O–H groups in total. The van der Waals surface area contributed by atoms with E-state index < -0.39 is 61.5 Å². The average Bonchev–Trinajstić information content (AvgIpc) is 3.11. The van der Waals surface area contributed by atoms with Crippen molar-refractivity contribution < 1.29 is 44.9 Å². The molecule has 1 heterocycles. The molecular formula is C40H75NO9. The molecule has 50 heavy (non-hydrogen) atoms. The Balaban J connectivity index is 2.54. The summed E-state index contributed by atoms with van der Waals surface area (Å²) in [4.78, 5) is 12.9. The number of aliphatic hydroxyl groups is 6. The molecule has 4 unspecified atom stereocenters. The molecule has 10 heteroatoms. The van der Waals surface area contributed by atoms with Gasteiger partial charge in [-0.15, -0.1) is 0 Å². The highest BCUT2D eigenvalue weighted by atomic mass is 16.7. The Kier molecular flexibility index (Phi) is 29.1. The lowest BCUT2D eigenvalue weighted by Crippen LogP contribution is -2.60. The van der Waals surface area contributed by atoms with Crippen LogP contribution < -0.4 is 5.32 Å². The van der Waals surface area contributed by atoms with Crippen LogP contribution in [-0.4, -0.2) is 98.7 Å². The maximum absolute atomic E-state index is 12.9. The van der Waals surface area contributed by atoms with Crippen LogP contribution >= 0.6 is 0 Å². The van der Waals surface area contributed by atoms with Crippen LogP contribution in [0.25, 0.3) is 0 Å². The van der Waals surface area contributed by atoms with Gasteiger partial charge >= 0.3 is 0 Å². The molecule has 1 rings (SSSR count). The summed E-state index contributed by atoms with van der Waals surface area (Å²) in [5.41, 5.74) is 0. The highest BCUT2D eigenvalue weighted by Crippen LogP contribution is 2.22. The quantitative estimate of drug-likeness (QED) is 0.0320. The summed E-state index contributed by atoms with van der Waals surface area (Å²) in [6, 6.07) is -0.990. The van der Waals surface area contributed by atoms with Crippen molar-refractivity contribution in [3.63, 3.8) is 0 Å². The van der Waals surface area contributed by atoms with Crippen LogP contribution in [0.1, 0.15) is 162 Å². The van der Waals surface area contributed by atoms with Gasteiger partial charge in [0.05, 0.1) is 25.4 Å². The predicted molar refractivity (Wildman–Crippen MR) is 199 cm³/mol. The molecule has 0 spiro atoms. The van der Waals surface area contributed by atoms with E-state index in [1.807, 2.05) is 6.08 Å². The third-order valence-corrected chi connectivity index (χ3v) is 9.64. The lowest BCUT2D eigenvalue weighted by atomic mass is 9.99. The molecule has 0 radical (unpaired) electrons. The van der Waals surface area contributed by atoms with E-state index in [1.54, 1.807) is 6.08 Å². The number of allylic oxidation sites excluding steroid dienone is 3. The van der Waals surface area contributed by atoms with Crippen molar-refractivity contribution >= 4 is 5.91 Å². The second-order valence-electron chi connectivity index (χ2n) is 14.2. The van der Waals surface area contributed by atoms with Gasteiger partial charge in [-0.2, -0.15) is 0 Å². The van der Waals surface area contributed by atoms with E-state index in [-0.39, 0.29) is 6.61 Å². The minimum atomic E-state index is -1.61. The Morgan fingerprint density at radius 2 is 1.18 bits per heavy atom. The Bertz CT molecular complexity index is 855. The highest BCUT2D eigenvalue weighted by molar-refractivity contribution is 5.80. The lowest BCUT2D eigenvalue weighted by Gasteiger charge is -2.40. The van der Waals surface area contributed by atoms with E-state index in [4.69, 9.17) is 9.47 Å². The molecule has 8 atom stereocenters. The number of hydrogen-bond donors (Lipinski definition) is 7. The van der Waals surface area contributed by atoms with Crippen molar-refractivity contribution in [3.8, 4) is 0 Å². The first-order valence-corrected chi connectivity index (χ1v) is 20.2. The SMILES string of the molecule is CCCCCCCCC/C=C/CC/C=C/[C@@H](O)[C@H](CO[C@@H]1O[C@H](CO)C(O)C(O)C1O)NC(=O)C(O)CCCCCCCCCCCCCC. The number of aliphatic hydroxyl groups excluding tert-OH is 6. The number of nitrogens with one attached hydrogen (secondary N) is 1. The fraction of sp³-hybridized carbons (Fsp3) is 0.875. The molecule has 0 aromatic carbocycles. The molecule has 1 fully saturated rings. The Morgan fingerprint density at radius 3 is 1.74 bits per heavy atom. The van der Waals surface area contributed by atoms with E-state index in [0.717, 1.165) is 32.1 Å². The van der Waals surface area contributed by atoms with E-state index in [0.29, 0.717) is 19.3 Å². The van der Waals surface area contributed by atoms with E-state index in [1.165, 1.54) is 96.3 Å². The molecule has 0 saturated carbocycles. The summed E-state index contributed by atoms with van der Waals surface area (Å²) in [5.74, 6) is -0.628. The summed E-state index contributed by atoms with van der Waals surface area (Å²) < 4.78 is 11.1. The van der Waals surface area contributed by atoms with Crippen molar-refractivity contribution in [3.05, 3.63) is 24.3 Å². The van der Waals surface area contributed by atoms with Crippen LogP contribution in [0.15, 0.2) is 24.3 Å². The minimum absolute atomic E-state index is 0.306. The van der Waals surface area contributed by atoms with Gasteiger partial charge in [-0.25, -0.2) is 0 Å². The smallest absolute Gasteiger partial charge is 0.249 e. The standard InChI is InChI=1S/C40H75NO9/c1-3-5-7-9-11-13-15-17-19-20-22-24-26-28-33(43)32(31-49-40-38(47)37(46)36(45)35(30-42)50-40)41-39(48)34(44)29-27-25-23-21-18-16-14-12-10-8-6-4-2/h19-20,26,28,32-38,40,42-47H,3-18,21-25,27,29-31H2,1-2H3,(H,41,48)/b20-19+,28-26+/t32-,33+,34?,35+,36?,37?,38?,40+/m0/s1. The monoisotopic (exact) mass is 714 g/mol. The lowest BCUT2D eigenvalue weighted by molar-refractivity contribution is -0.302. The molecule has 1 amide bonds. The molecule has 0 aliphatic carbocycles. The third-order valence-electron chi connectivity index (χ3n) is 9.64. The zero-order chi connectivity index (χ0) is 36.8. The summed E-state index contributed by atoms with van der Waals surface area (Å²) >= 11 is 0. The van der Waals surface area contributed by atoms with Gasteiger partial charge in [0.1, 0.15) is 30.5 Å². The third kappa shape index (κ3) is 21.9. The number of carbonyl (C=O) groups excluding carboxylic acids is 1. The molecule has 0 aromatic heterocycles. The minimum Gasteiger partial charge on any atom is -0.394 e. The van der Waals surface area contributed by atoms with Gasteiger partial charge in [0.15, 0.2) is 6.29 Å². The summed E-state index contributed by atoms with van der Waals surface area (Å²) in [5, 5.41) is 64.3. The first-order valence-electron chi connectivity index (χ1n) is 20.2. The fourth-order valence-electron chi connectivity index (χ4n) is 6.24. The molecular weight excluding hydrogens is 638 g/mol. The number of rotatable bonds is 32. The normalized spacial score (nSPS) is 23.1. The maximum atomic E-state index is 12.9. The first-order chi connectivity index (χ1) is 24.3. The number of carbonyl (C=O) groups is 1. The maximum Gasteiger partial charge on any atom is 0.249 e. The van der Waals surface area contributed by atoms with Gasteiger partial charge in [0.25, 0.3) is 0 Å². The van der Waals surface area contributed by atoms with Gasteiger partial charge in [0.2, 0.25) is 5.91 Å². The van der Waals surface area contributed by atoms with Crippen molar-refractivity contribution in [1.29, 1.82) is 0 Å². The average molecular weight is 714 g/mol. The fourth-order valence-corrected chi connectivity index (χ4v) is 6.24. The van der Waals surface area contributed by atoms with Crippen molar-refractivity contribution in [2.45, 2.75) is 210 Å². The first kappa shape index (κ1) is 46.7. The van der Waals surface area contributed by atoms with Crippen molar-refractivity contribution in [2.75, 3.05) is 13.2 Å². The zero-order valence-corrected chi connectivity index (χ0v) is 31.5. The van der Waals surface area contributed by atoms with E-state index in [9.17, 15) is 35.4 Å². The Morgan fingerprint density at radius 1 is 0.680 bits per heavy atom. The van der Waals surface area contributed by atoms with Gasteiger partial charge in [0, 0.05) is 0 Å². The second-order valence-corrected chi connectivity index (χ2v) is 14.2. The summed E-state index contributed by atoms with van der Waals surface area (Å²) in [6.45, 7) is 3.54. The van der Waals surface area contributed by atoms with Gasteiger partial charge in [-0.05, 0) is 32.1 Å². The number of hydrogen-bond acceptors (Lipinski definition) is 9. The Hall–Kier alpha value is -1.37. The molecule has 1 saturated heterocycles. The van der Waals surface area contributed by atoms with Crippen LogP contribution in [0, 0.1) is 0 Å². The Labute approximate surface area is 303 Å². The highest BCUT2D eigenvalue weighted by Gasteiger charge is 2.44. The molecule has 0 aromatic rings. The van der Waals surface area contributed by atoms with Gasteiger partial charge in [-0.1, -0.05) is 154 Å². The molecule has 1 aliphatic heterocycles. The topological polar surface area (TPSA) is 169 Å². The van der Waals surface area contributed by atoms with Crippen LogP contribution in [0.2, 0.25) is 0 Å². The largest absolute Gasteiger partial charge is 0.394 e. The van der Waals surface area contributed by atoms with Crippen molar-refractivity contribution in [1.82, 2.24) is 5.32 Å². The van der Waals surface area contributed by atoms with Gasteiger partial charge in [-0.3, -0.25) is 4.79 Å². The second kappa shape index (κ2) is 31.2. The van der Waals surface area contributed by atoms with Crippen LogP contribution in [-0.2, 0) is 14.3 Å². The number of amides is 1. The summed E-state index contributed by atoms with van der Waals surface area (Å²) in [7, 11) is 0. The van der Waals surface area contributed by atoms with E-state index in [2.05, 4.69) is 31.3 Å². The zero-order valence-electron chi connectivity index (χ0n) is 31.5. The molecule has 294 valence electrons. The van der Waals surface area contributed by atoms with Crippen LogP contribution in [0.5, 0.6) is 0 Å². The molecule has 0 bridgehead atoms. The van der Waals surface area contributed by atoms with Gasteiger partial charge < -0.3 is 45.4 Å².